The van der Waals surface area contributed by atoms with E-state index in [0.29, 0.717) is 11.4 Å². The molecule has 2 nitrogen and oxygen atoms in total. The summed E-state index contributed by atoms with van der Waals surface area (Å²) in [5.74, 6) is 0. The minimum absolute atomic E-state index is 0.659. The van der Waals surface area contributed by atoms with Gasteiger partial charge >= 0.3 is 0 Å². The van der Waals surface area contributed by atoms with Crippen LogP contribution in [0.3, 0.4) is 0 Å². The molecule has 0 aliphatic heterocycles. The maximum absolute atomic E-state index is 5.96. The first-order valence-corrected chi connectivity index (χ1v) is 4.56. The summed E-state index contributed by atoms with van der Waals surface area (Å²) in [6, 6.07) is 12.3. The van der Waals surface area contributed by atoms with E-state index in [9.17, 15) is 0 Å². The highest BCUT2D eigenvalue weighted by atomic mass is 14.7. The van der Waals surface area contributed by atoms with Gasteiger partial charge in [0.05, 0.1) is 11.4 Å². The third kappa shape index (κ3) is 0.752. The molecule has 0 aliphatic carbocycles. The summed E-state index contributed by atoms with van der Waals surface area (Å²) in [4.78, 5) is 0. The number of rotatable bonds is 0. The lowest BCUT2D eigenvalue weighted by atomic mass is 9.97. The highest BCUT2D eigenvalue weighted by molar-refractivity contribution is 6.16. The number of benzene rings is 4. The third-order valence-corrected chi connectivity index (χ3v) is 2.76. The topological polar surface area (TPSA) is 52.0 Å². The first-order valence-electron chi connectivity index (χ1n) is 4.56. The van der Waals surface area contributed by atoms with Gasteiger partial charge in [-0.05, 0) is 22.2 Å². The summed E-state index contributed by atoms with van der Waals surface area (Å²) >= 11 is 0. The molecule has 4 N–H and O–H groups in total. The molecule has 0 saturated carbocycles. The predicted octanol–water partition coefficient (Wildman–Crippen LogP) is 2.60. The van der Waals surface area contributed by atoms with Crippen molar-refractivity contribution in [3.05, 3.63) is 36.4 Å². The Labute approximate surface area is 81.5 Å². The Balaban J connectivity index is 2.69. The van der Waals surface area contributed by atoms with Gasteiger partial charge < -0.3 is 11.5 Å². The Morgan fingerprint density at radius 3 is 2.07 bits per heavy atom. The zero-order valence-electron chi connectivity index (χ0n) is 7.62. The molecule has 0 aliphatic rings. The smallest absolute Gasteiger partial charge is 0.0633 e. The fourth-order valence-corrected chi connectivity index (χ4v) is 2.00. The average molecular weight is 182 g/mol. The molecule has 0 atom stereocenters. The SMILES string of the molecule is Nc1ccc2c3ccc(cc3)c2c1N. The van der Waals surface area contributed by atoms with Crippen molar-refractivity contribution >= 4 is 32.9 Å². The van der Waals surface area contributed by atoms with Gasteiger partial charge in [0.25, 0.3) is 0 Å². The minimum atomic E-state index is 0.659. The molecule has 0 heterocycles. The van der Waals surface area contributed by atoms with Gasteiger partial charge in [0.1, 0.15) is 0 Å². The zero-order chi connectivity index (χ0) is 9.71. The molecule has 4 aromatic carbocycles. The van der Waals surface area contributed by atoms with E-state index in [4.69, 9.17) is 11.5 Å². The van der Waals surface area contributed by atoms with Gasteiger partial charge in [-0.1, -0.05) is 30.3 Å². The van der Waals surface area contributed by atoms with E-state index in [1.165, 1.54) is 10.8 Å². The Morgan fingerprint density at radius 1 is 0.714 bits per heavy atom. The monoisotopic (exact) mass is 182 g/mol. The normalized spacial score (nSPS) is 11.4. The number of hydrogen-bond donors (Lipinski definition) is 2. The van der Waals surface area contributed by atoms with Crippen LogP contribution in [-0.4, -0.2) is 0 Å². The Kier molecular flexibility index (Phi) is 1.22. The summed E-state index contributed by atoms with van der Waals surface area (Å²) < 4.78 is 0. The maximum Gasteiger partial charge on any atom is 0.0633 e. The van der Waals surface area contributed by atoms with Crippen molar-refractivity contribution in [3.8, 4) is 0 Å². The fraction of sp³-hybridized carbons (Fsp3) is 0. The van der Waals surface area contributed by atoms with Gasteiger partial charge in [-0.15, -0.1) is 0 Å². The molecule has 0 unspecified atom stereocenters. The van der Waals surface area contributed by atoms with E-state index < -0.39 is 0 Å². The van der Waals surface area contributed by atoms with E-state index in [1.807, 2.05) is 12.1 Å². The molecule has 0 amide bonds. The molecule has 0 radical (unpaired) electrons. The minimum Gasteiger partial charge on any atom is -0.397 e. The molecular weight excluding hydrogens is 172 g/mol. The highest BCUT2D eigenvalue weighted by Gasteiger charge is 2.07. The second-order valence-corrected chi connectivity index (χ2v) is 3.57. The van der Waals surface area contributed by atoms with Crippen LogP contribution in [-0.2, 0) is 0 Å². The number of anilines is 2. The number of fused-ring (bicyclic) bond motifs is 2. The van der Waals surface area contributed by atoms with Crippen molar-refractivity contribution < 1.29 is 0 Å². The largest absolute Gasteiger partial charge is 0.397 e. The number of nitrogens with two attached hydrogens (primary N) is 2. The molecule has 0 aromatic heterocycles. The van der Waals surface area contributed by atoms with Gasteiger partial charge in [-0.3, -0.25) is 0 Å². The number of hydrogen-bond acceptors (Lipinski definition) is 2. The van der Waals surface area contributed by atoms with Crippen molar-refractivity contribution in [3.63, 3.8) is 0 Å². The van der Waals surface area contributed by atoms with Crippen molar-refractivity contribution in [1.82, 2.24) is 0 Å². The highest BCUT2D eigenvalue weighted by Crippen LogP contribution is 2.34. The van der Waals surface area contributed by atoms with Crippen LogP contribution in [0.1, 0.15) is 0 Å². The average Bonchev–Trinajstić information content (AvgIpc) is 2.25. The molecule has 2 bridgehead atoms. The zero-order valence-corrected chi connectivity index (χ0v) is 7.62. The van der Waals surface area contributed by atoms with E-state index in [0.717, 1.165) is 10.8 Å². The molecular formula is C12H10N2. The Bertz CT molecular complexity index is 593. The van der Waals surface area contributed by atoms with Crippen LogP contribution in [0.15, 0.2) is 36.4 Å². The molecule has 14 heavy (non-hydrogen) atoms. The van der Waals surface area contributed by atoms with Crippen molar-refractivity contribution in [2.45, 2.75) is 0 Å². The van der Waals surface area contributed by atoms with Crippen LogP contribution < -0.4 is 11.5 Å². The molecule has 4 rings (SSSR count). The lowest BCUT2D eigenvalue weighted by molar-refractivity contribution is 1.72. The molecule has 0 saturated heterocycles. The third-order valence-electron chi connectivity index (χ3n) is 2.76. The number of nitrogen functional groups attached to an aromatic ring is 2. The van der Waals surface area contributed by atoms with Crippen molar-refractivity contribution in [2.24, 2.45) is 0 Å². The Hall–Kier alpha value is -1.96. The van der Waals surface area contributed by atoms with Crippen LogP contribution in [0.25, 0.3) is 21.5 Å². The Morgan fingerprint density at radius 2 is 1.36 bits per heavy atom. The van der Waals surface area contributed by atoms with E-state index >= 15 is 0 Å². The van der Waals surface area contributed by atoms with Gasteiger partial charge in [0.15, 0.2) is 0 Å². The van der Waals surface area contributed by atoms with Crippen molar-refractivity contribution in [1.29, 1.82) is 0 Å². The molecule has 0 fully saturated rings. The lowest BCUT2D eigenvalue weighted by Crippen LogP contribution is -1.96. The second kappa shape index (κ2) is 2.29. The summed E-state index contributed by atoms with van der Waals surface area (Å²) in [5, 5.41) is 4.64. The van der Waals surface area contributed by atoms with Gasteiger partial charge in [0, 0.05) is 5.39 Å². The van der Waals surface area contributed by atoms with Crippen LogP contribution >= 0.6 is 0 Å². The first kappa shape index (κ1) is 7.44. The van der Waals surface area contributed by atoms with Crippen LogP contribution in [0.4, 0.5) is 11.4 Å². The summed E-state index contributed by atoms with van der Waals surface area (Å²) in [7, 11) is 0. The van der Waals surface area contributed by atoms with Crippen molar-refractivity contribution in [2.75, 3.05) is 11.5 Å². The molecule has 0 spiro atoms. The molecule has 2 heteroatoms. The summed E-state index contributed by atoms with van der Waals surface area (Å²) in [6.07, 6.45) is 0. The summed E-state index contributed by atoms with van der Waals surface area (Å²) in [6.45, 7) is 0. The molecule has 4 aromatic rings. The predicted molar refractivity (Wildman–Crippen MR) is 61.5 cm³/mol. The summed E-state index contributed by atoms with van der Waals surface area (Å²) in [5.41, 5.74) is 13.1. The van der Waals surface area contributed by atoms with E-state index in [-0.39, 0.29) is 0 Å². The van der Waals surface area contributed by atoms with E-state index in [2.05, 4.69) is 24.3 Å². The second-order valence-electron chi connectivity index (χ2n) is 3.57. The quantitative estimate of drug-likeness (QED) is 0.525. The van der Waals surface area contributed by atoms with Crippen LogP contribution in [0.5, 0.6) is 0 Å². The standard InChI is InChI=1S/C12H10N2/c13-10-6-5-9-7-1-3-8(4-2-7)11(9)12(10)14/h1-6H,13-14H2. The maximum atomic E-state index is 5.96. The van der Waals surface area contributed by atoms with E-state index in [1.54, 1.807) is 0 Å². The lowest BCUT2D eigenvalue weighted by Gasteiger charge is -2.10. The first-order chi connectivity index (χ1) is 6.77. The molecule has 68 valence electrons. The van der Waals surface area contributed by atoms with Crippen LogP contribution in [0.2, 0.25) is 0 Å². The fourth-order valence-electron chi connectivity index (χ4n) is 2.00. The van der Waals surface area contributed by atoms with Gasteiger partial charge in [0.2, 0.25) is 0 Å². The van der Waals surface area contributed by atoms with Gasteiger partial charge in [-0.25, -0.2) is 0 Å². The van der Waals surface area contributed by atoms with Crippen LogP contribution in [0, 0.1) is 0 Å². The van der Waals surface area contributed by atoms with Gasteiger partial charge in [-0.2, -0.15) is 0 Å².